The second kappa shape index (κ2) is 6.79. The Bertz CT molecular complexity index is 751. The van der Waals surface area contributed by atoms with Crippen molar-refractivity contribution >= 4 is 17.5 Å². The summed E-state index contributed by atoms with van der Waals surface area (Å²) in [6.45, 7) is 0.819. The minimum Gasteiger partial charge on any atom is -0.497 e. The summed E-state index contributed by atoms with van der Waals surface area (Å²) in [6, 6.07) is 11.4. The van der Waals surface area contributed by atoms with E-state index in [9.17, 15) is 9.18 Å². The maximum absolute atomic E-state index is 13.9. The van der Waals surface area contributed by atoms with Crippen LogP contribution in [0, 0.1) is 5.82 Å². The van der Waals surface area contributed by atoms with Gasteiger partial charge in [-0.25, -0.2) is 4.39 Å². The molecule has 2 aromatic carbocycles. The molecule has 2 aromatic rings. The Balaban J connectivity index is 1.79. The quantitative estimate of drug-likeness (QED) is 0.927. The molecule has 6 heteroatoms. The number of hydrogen-bond donors (Lipinski definition) is 1. The highest BCUT2D eigenvalue weighted by atomic mass is 35.5. The molecule has 126 valence electrons. The van der Waals surface area contributed by atoms with E-state index in [2.05, 4.69) is 0 Å². The molecule has 1 saturated heterocycles. The lowest BCUT2D eigenvalue weighted by atomic mass is 9.95. The zero-order chi connectivity index (χ0) is 17.3. The minimum atomic E-state index is -0.578. The van der Waals surface area contributed by atoms with E-state index in [0.29, 0.717) is 18.1 Å². The fraction of sp³-hybridized carbons (Fsp3) is 0.278. The van der Waals surface area contributed by atoms with Crippen molar-refractivity contribution in [3.8, 4) is 5.75 Å². The second-order valence-electron chi connectivity index (χ2n) is 5.88. The second-order valence-corrected chi connectivity index (χ2v) is 6.31. The lowest BCUT2D eigenvalue weighted by Crippen LogP contribution is -2.32. The highest BCUT2D eigenvalue weighted by Gasteiger charge is 2.35. The Hall–Kier alpha value is -2.11. The SMILES string of the molecule is COc1ccc([C@H]2CN(C(=O)c3cc(Cl)ccc3F)C[C@@H]2N)cc1. The normalized spacial score (nSPS) is 20.2. The van der Waals surface area contributed by atoms with Crippen LogP contribution in [0.4, 0.5) is 4.39 Å². The number of likely N-dealkylation sites (tertiary alicyclic amines) is 1. The van der Waals surface area contributed by atoms with Crippen LogP contribution in [-0.2, 0) is 0 Å². The molecule has 1 aliphatic heterocycles. The largest absolute Gasteiger partial charge is 0.497 e. The van der Waals surface area contributed by atoms with E-state index < -0.39 is 5.82 Å². The number of carbonyl (C=O) groups excluding carboxylic acids is 1. The predicted octanol–water partition coefficient (Wildman–Crippen LogP) is 3.05. The number of halogens is 2. The number of rotatable bonds is 3. The van der Waals surface area contributed by atoms with Gasteiger partial charge < -0.3 is 15.4 Å². The van der Waals surface area contributed by atoms with Crippen molar-refractivity contribution in [3.05, 3.63) is 64.4 Å². The van der Waals surface area contributed by atoms with Gasteiger partial charge in [-0.2, -0.15) is 0 Å². The summed E-state index contributed by atoms with van der Waals surface area (Å²) in [5, 5.41) is 0.329. The molecular weight excluding hydrogens is 331 g/mol. The van der Waals surface area contributed by atoms with Crippen LogP contribution in [0.1, 0.15) is 21.8 Å². The molecule has 1 heterocycles. The summed E-state index contributed by atoms with van der Waals surface area (Å²) in [5.41, 5.74) is 7.22. The monoisotopic (exact) mass is 348 g/mol. The third-order valence-corrected chi connectivity index (χ3v) is 4.59. The molecule has 1 aliphatic rings. The molecule has 1 amide bonds. The van der Waals surface area contributed by atoms with E-state index in [1.54, 1.807) is 12.0 Å². The van der Waals surface area contributed by atoms with Crippen LogP contribution in [-0.4, -0.2) is 37.0 Å². The van der Waals surface area contributed by atoms with Gasteiger partial charge in [0.05, 0.1) is 12.7 Å². The average Bonchev–Trinajstić information content (AvgIpc) is 2.98. The molecule has 0 aromatic heterocycles. The zero-order valence-electron chi connectivity index (χ0n) is 13.2. The van der Waals surface area contributed by atoms with E-state index >= 15 is 0 Å². The molecule has 0 bridgehead atoms. The van der Waals surface area contributed by atoms with Crippen LogP contribution in [0.2, 0.25) is 5.02 Å². The van der Waals surface area contributed by atoms with Crippen LogP contribution < -0.4 is 10.5 Å². The van der Waals surface area contributed by atoms with Crippen molar-refractivity contribution in [2.24, 2.45) is 5.73 Å². The number of amides is 1. The van der Waals surface area contributed by atoms with Gasteiger partial charge in [0, 0.05) is 30.1 Å². The van der Waals surface area contributed by atoms with Crippen molar-refractivity contribution in [1.82, 2.24) is 4.90 Å². The predicted molar refractivity (Wildman–Crippen MR) is 91.0 cm³/mol. The molecule has 0 spiro atoms. The summed E-state index contributed by atoms with van der Waals surface area (Å²) < 4.78 is 19.1. The lowest BCUT2D eigenvalue weighted by Gasteiger charge is -2.17. The van der Waals surface area contributed by atoms with Crippen LogP contribution >= 0.6 is 11.6 Å². The summed E-state index contributed by atoms with van der Waals surface area (Å²) in [7, 11) is 1.61. The Morgan fingerprint density at radius 1 is 1.25 bits per heavy atom. The van der Waals surface area contributed by atoms with Gasteiger partial charge in [-0.05, 0) is 35.9 Å². The molecule has 2 atom stereocenters. The fourth-order valence-electron chi connectivity index (χ4n) is 3.03. The zero-order valence-corrected chi connectivity index (χ0v) is 14.0. The first-order chi connectivity index (χ1) is 11.5. The van der Waals surface area contributed by atoms with Gasteiger partial charge in [-0.15, -0.1) is 0 Å². The molecule has 0 saturated carbocycles. The Morgan fingerprint density at radius 2 is 1.96 bits per heavy atom. The first-order valence-electron chi connectivity index (χ1n) is 7.63. The van der Waals surface area contributed by atoms with Crippen LogP contribution in [0.5, 0.6) is 5.75 Å². The summed E-state index contributed by atoms with van der Waals surface area (Å²) in [4.78, 5) is 14.2. The maximum atomic E-state index is 13.9. The van der Waals surface area contributed by atoms with Crippen LogP contribution in [0.25, 0.3) is 0 Å². The minimum absolute atomic E-state index is 0.00195. The molecular formula is C18H18ClFN2O2. The molecule has 24 heavy (non-hydrogen) atoms. The molecule has 1 fully saturated rings. The third-order valence-electron chi connectivity index (χ3n) is 4.36. The number of carbonyl (C=O) groups is 1. The molecule has 0 unspecified atom stereocenters. The van der Waals surface area contributed by atoms with Crippen molar-refractivity contribution in [2.75, 3.05) is 20.2 Å². The van der Waals surface area contributed by atoms with E-state index in [4.69, 9.17) is 22.1 Å². The number of nitrogens with two attached hydrogens (primary N) is 1. The number of nitrogens with zero attached hydrogens (tertiary/aromatic N) is 1. The van der Waals surface area contributed by atoms with E-state index in [1.807, 2.05) is 24.3 Å². The number of hydrogen-bond acceptors (Lipinski definition) is 3. The molecule has 4 nitrogen and oxygen atoms in total. The van der Waals surface area contributed by atoms with Gasteiger partial charge in [0.2, 0.25) is 0 Å². The van der Waals surface area contributed by atoms with Crippen molar-refractivity contribution in [3.63, 3.8) is 0 Å². The van der Waals surface area contributed by atoms with Crippen LogP contribution in [0.15, 0.2) is 42.5 Å². The molecule has 2 N–H and O–H groups in total. The van der Waals surface area contributed by atoms with Gasteiger partial charge in [-0.3, -0.25) is 4.79 Å². The highest BCUT2D eigenvalue weighted by Crippen LogP contribution is 2.29. The first-order valence-corrected chi connectivity index (χ1v) is 8.01. The van der Waals surface area contributed by atoms with Crippen molar-refractivity contribution in [2.45, 2.75) is 12.0 Å². The Morgan fingerprint density at radius 3 is 2.62 bits per heavy atom. The van der Waals surface area contributed by atoms with E-state index in [0.717, 1.165) is 11.3 Å². The van der Waals surface area contributed by atoms with Gasteiger partial charge in [0.25, 0.3) is 5.91 Å². The molecule has 3 rings (SSSR count). The summed E-state index contributed by atoms with van der Waals surface area (Å²) in [6.07, 6.45) is 0. The molecule has 0 radical (unpaired) electrons. The standard InChI is InChI=1S/C18H18ClFN2O2/c1-24-13-5-2-11(3-6-13)15-9-22(10-17(15)21)18(23)14-8-12(19)4-7-16(14)20/h2-8,15,17H,9-10,21H2,1H3/t15-,17+/m1/s1. The number of benzene rings is 2. The van der Waals surface area contributed by atoms with Gasteiger partial charge in [0.15, 0.2) is 0 Å². The van der Waals surface area contributed by atoms with E-state index in [-0.39, 0.29) is 23.4 Å². The van der Waals surface area contributed by atoms with Crippen molar-refractivity contribution in [1.29, 1.82) is 0 Å². The topological polar surface area (TPSA) is 55.6 Å². The van der Waals surface area contributed by atoms with Crippen molar-refractivity contribution < 1.29 is 13.9 Å². The lowest BCUT2D eigenvalue weighted by molar-refractivity contribution is 0.0784. The Kier molecular flexibility index (Phi) is 4.73. The van der Waals surface area contributed by atoms with Gasteiger partial charge in [0.1, 0.15) is 11.6 Å². The third kappa shape index (κ3) is 3.23. The number of methoxy groups -OCH3 is 1. The summed E-state index contributed by atoms with van der Waals surface area (Å²) in [5.74, 6) is -0.200. The van der Waals surface area contributed by atoms with Crippen LogP contribution in [0.3, 0.4) is 0 Å². The summed E-state index contributed by atoms with van der Waals surface area (Å²) >= 11 is 5.88. The smallest absolute Gasteiger partial charge is 0.256 e. The van der Waals surface area contributed by atoms with E-state index in [1.165, 1.54) is 18.2 Å². The Labute approximate surface area is 145 Å². The van der Waals surface area contributed by atoms with Gasteiger partial charge in [-0.1, -0.05) is 23.7 Å². The maximum Gasteiger partial charge on any atom is 0.256 e. The highest BCUT2D eigenvalue weighted by molar-refractivity contribution is 6.31. The van der Waals surface area contributed by atoms with Gasteiger partial charge >= 0.3 is 0 Å². The number of ether oxygens (including phenoxy) is 1. The first kappa shape index (κ1) is 16.7. The average molecular weight is 349 g/mol. The fourth-order valence-corrected chi connectivity index (χ4v) is 3.20. The molecule has 0 aliphatic carbocycles.